The highest BCUT2D eigenvalue weighted by atomic mass is 79.9. The fraction of sp³-hybridized carbons (Fsp3) is 0.385. The molecule has 2 amide bonds. The molecule has 0 radical (unpaired) electrons. The first-order chi connectivity index (χ1) is 9.56. The lowest BCUT2D eigenvalue weighted by molar-refractivity contribution is 0.135. The molecule has 0 aliphatic carbocycles. The summed E-state index contributed by atoms with van der Waals surface area (Å²) in [5, 5.41) is 5.11. The summed E-state index contributed by atoms with van der Waals surface area (Å²) in [6.07, 6.45) is -1.96. The summed E-state index contributed by atoms with van der Waals surface area (Å²) in [4.78, 5) is 23.0. The van der Waals surface area contributed by atoms with Gasteiger partial charge in [-0.25, -0.2) is 9.59 Å². The summed E-state index contributed by atoms with van der Waals surface area (Å²) in [7, 11) is 0. The Hall–Kier alpha value is -1.76. The first kappa shape index (κ1) is 16.3. The molecule has 0 aliphatic heterocycles. The number of amides is 2. The molecule has 1 aromatic rings. The second-order valence-corrected chi connectivity index (χ2v) is 4.63. The molecule has 0 unspecified atom stereocenters. The zero-order valence-corrected chi connectivity index (χ0v) is 12.9. The van der Waals surface area contributed by atoms with Gasteiger partial charge in [-0.1, -0.05) is 28.1 Å². The SMILES string of the molecule is CCOC(=O)NC(NC(=O)OCC)c1cccc(Br)c1. The average Bonchev–Trinajstić information content (AvgIpc) is 2.38. The smallest absolute Gasteiger partial charge is 0.409 e. The minimum absolute atomic E-state index is 0.246. The van der Waals surface area contributed by atoms with Crippen molar-refractivity contribution in [3.63, 3.8) is 0 Å². The highest BCUT2D eigenvalue weighted by Crippen LogP contribution is 2.17. The van der Waals surface area contributed by atoms with E-state index in [9.17, 15) is 9.59 Å². The van der Waals surface area contributed by atoms with Crippen LogP contribution in [0.4, 0.5) is 9.59 Å². The number of nitrogens with one attached hydrogen (secondary N) is 2. The number of hydrogen-bond donors (Lipinski definition) is 2. The van der Waals surface area contributed by atoms with E-state index >= 15 is 0 Å². The first-order valence-corrected chi connectivity index (χ1v) is 6.98. The van der Waals surface area contributed by atoms with Crippen molar-refractivity contribution in [1.29, 1.82) is 0 Å². The summed E-state index contributed by atoms with van der Waals surface area (Å²) in [5.41, 5.74) is 0.695. The number of alkyl carbamates (subject to hydrolysis) is 2. The Morgan fingerprint density at radius 2 is 1.70 bits per heavy atom. The minimum Gasteiger partial charge on any atom is -0.450 e. The second kappa shape index (κ2) is 8.42. The number of carbonyl (C=O) groups excluding carboxylic acids is 2. The molecule has 0 aromatic heterocycles. The van der Waals surface area contributed by atoms with Crippen molar-refractivity contribution >= 4 is 28.1 Å². The molecule has 0 saturated carbocycles. The maximum atomic E-state index is 11.5. The Morgan fingerprint density at radius 3 is 2.15 bits per heavy atom. The monoisotopic (exact) mass is 344 g/mol. The number of carbonyl (C=O) groups is 2. The van der Waals surface area contributed by atoms with E-state index in [1.165, 1.54) is 0 Å². The van der Waals surface area contributed by atoms with Crippen molar-refractivity contribution in [1.82, 2.24) is 10.6 Å². The van der Waals surface area contributed by atoms with Gasteiger partial charge in [-0.2, -0.15) is 0 Å². The third-order valence-corrected chi connectivity index (χ3v) is 2.75. The van der Waals surface area contributed by atoms with Crippen LogP contribution in [0.1, 0.15) is 25.6 Å². The second-order valence-electron chi connectivity index (χ2n) is 3.72. The summed E-state index contributed by atoms with van der Waals surface area (Å²) in [6.45, 7) is 3.89. The Balaban J connectivity index is 2.83. The highest BCUT2D eigenvalue weighted by molar-refractivity contribution is 9.10. The van der Waals surface area contributed by atoms with Crippen molar-refractivity contribution < 1.29 is 19.1 Å². The molecule has 7 heteroatoms. The van der Waals surface area contributed by atoms with Crippen LogP contribution in [0.15, 0.2) is 28.7 Å². The maximum absolute atomic E-state index is 11.5. The van der Waals surface area contributed by atoms with E-state index in [0.717, 1.165) is 4.47 Å². The number of benzene rings is 1. The van der Waals surface area contributed by atoms with Crippen molar-refractivity contribution in [3.05, 3.63) is 34.3 Å². The summed E-state index contributed by atoms with van der Waals surface area (Å²) >= 11 is 3.34. The normalized spacial score (nSPS) is 10.0. The van der Waals surface area contributed by atoms with Gasteiger partial charge < -0.3 is 9.47 Å². The quantitative estimate of drug-likeness (QED) is 0.805. The maximum Gasteiger partial charge on any atom is 0.409 e. The van der Waals surface area contributed by atoms with Crippen LogP contribution < -0.4 is 10.6 Å². The van der Waals surface area contributed by atoms with Crippen molar-refractivity contribution in [2.45, 2.75) is 20.0 Å². The lowest BCUT2D eigenvalue weighted by Gasteiger charge is -2.20. The lowest BCUT2D eigenvalue weighted by atomic mass is 10.2. The van der Waals surface area contributed by atoms with Crippen LogP contribution in [0, 0.1) is 0 Å². The van der Waals surface area contributed by atoms with Crippen LogP contribution in [0.3, 0.4) is 0 Å². The van der Waals surface area contributed by atoms with E-state index in [-0.39, 0.29) is 13.2 Å². The zero-order valence-electron chi connectivity index (χ0n) is 11.3. The standard InChI is InChI=1S/C13H17BrN2O4/c1-3-19-12(17)15-11(16-13(18)20-4-2)9-6-5-7-10(14)8-9/h5-8,11H,3-4H2,1-2H3,(H,15,17)(H,16,18). The molecule has 0 bridgehead atoms. The fourth-order valence-electron chi connectivity index (χ4n) is 1.47. The van der Waals surface area contributed by atoms with Crippen molar-refractivity contribution in [2.24, 2.45) is 0 Å². The summed E-state index contributed by atoms with van der Waals surface area (Å²) < 4.78 is 10.5. The topological polar surface area (TPSA) is 76.7 Å². The number of hydrogen-bond acceptors (Lipinski definition) is 4. The van der Waals surface area contributed by atoms with E-state index < -0.39 is 18.4 Å². The van der Waals surface area contributed by atoms with Gasteiger partial charge in [0, 0.05) is 4.47 Å². The predicted molar refractivity (Wildman–Crippen MR) is 77.2 cm³/mol. The Bertz CT molecular complexity index is 447. The fourth-order valence-corrected chi connectivity index (χ4v) is 1.89. The van der Waals surface area contributed by atoms with Gasteiger partial charge in [0.15, 0.2) is 0 Å². The molecular weight excluding hydrogens is 328 g/mol. The van der Waals surface area contributed by atoms with E-state index in [0.29, 0.717) is 5.56 Å². The first-order valence-electron chi connectivity index (χ1n) is 6.18. The van der Waals surface area contributed by atoms with E-state index in [1.54, 1.807) is 32.0 Å². The number of ether oxygens (including phenoxy) is 2. The van der Waals surface area contributed by atoms with Crippen LogP contribution in [0.5, 0.6) is 0 Å². The summed E-state index contributed by atoms with van der Waals surface area (Å²) in [6, 6.07) is 7.19. The molecule has 1 rings (SSSR count). The molecule has 0 heterocycles. The highest BCUT2D eigenvalue weighted by Gasteiger charge is 2.18. The number of halogens is 1. The molecular formula is C13H17BrN2O4. The van der Waals surface area contributed by atoms with E-state index in [4.69, 9.17) is 9.47 Å². The Labute approximate surface area is 126 Å². The van der Waals surface area contributed by atoms with Gasteiger partial charge in [0.25, 0.3) is 0 Å². The third-order valence-electron chi connectivity index (χ3n) is 2.26. The van der Waals surface area contributed by atoms with Gasteiger partial charge in [-0.15, -0.1) is 0 Å². The summed E-state index contributed by atoms with van der Waals surface area (Å²) in [5.74, 6) is 0. The van der Waals surface area contributed by atoms with Gasteiger partial charge in [0.1, 0.15) is 6.17 Å². The molecule has 2 N–H and O–H groups in total. The average molecular weight is 345 g/mol. The largest absolute Gasteiger partial charge is 0.450 e. The molecule has 0 saturated heterocycles. The van der Waals surface area contributed by atoms with Crippen LogP contribution in [-0.4, -0.2) is 25.4 Å². The molecule has 110 valence electrons. The zero-order chi connectivity index (χ0) is 15.0. The third kappa shape index (κ3) is 5.48. The van der Waals surface area contributed by atoms with Crippen LogP contribution in [0.2, 0.25) is 0 Å². The van der Waals surface area contributed by atoms with Gasteiger partial charge in [-0.3, -0.25) is 10.6 Å². The predicted octanol–water partition coefficient (Wildman–Crippen LogP) is 2.94. The van der Waals surface area contributed by atoms with Gasteiger partial charge in [0.05, 0.1) is 13.2 Å². The lowest BCUT2D eigenvalue weighted by Crippen LogP contribution is -2.41. The van der Waals surface area contributed by atoms with Gasteiger partial charge in [-0.05, 0) is 31.5 Å². The van der Waals surface area contributed by atoms with Crippen LogP contribution in [-0.2, 0) is 9.47 Å². The van der Waals surface area contributed by atoms with Crippen LogP contribution in [0.25, 0.3) is 0 Å². The molecule has 0 spiro atoms. The van der Waals surface area contributed by atoms with Gasteiger partial charge in [0.2, 0.25) is 0 Å². The van der Waals surface area contributed by atoms with E-state index in [1.807, 2.05) is 6.07 Å². The van der Waals surface area contributed by atoms with E-state index in [2.05, 4.69) is 26.6 Å². The molecule has 0 atom stereocenters. The van der Waals surface area contributed by atoms with Crippen molar-refractivity contribution in [3.8, 4) is 0 Å². The van der Waals surface area contributed by atoms with Gasteiger partial charge >= 0.3 is 12.2 Å². The van der Waals surface area contributed by atoms with Crippen molar-refractivity contribution in [2.75, 3.05) is 13.2 Å². The molecule has 20 heavy (non-hydrogen) atoms. The number of rotatable bonds is 5. The molecule has 1 aromatic carbocycles. The molecule has 0 fully saturated rings. The molecule has 0 aliphatic rings. The van der Waals surface area contributed by atoms with Crippen LogP contribution >= 0.6 is 15.9 Å². The minimum atomic E-state index is -0.731. The Kier molecular flexibility index (Phi) is 6.86. The Morgan fingerprint density at radius 1 is 1.15 bits per heavy atom. The molecule has 6 nitrogen and oxygen atoms in total.